The van der Waals surface area contributed by atoms with Gasteiger partial charge in [-0.2, -0.15) is 0 Å². The van der Waals surface area contributed by atoms with Gasteiger partial charge in [-0.15, -0.1) is 24.8 Å². The monoisotopic (exact) mass is 386 g/mol. The maximum absolute atomic E-state index is 12.7. The average molecular weight is 387 g/mol. The summed E-state index contributed by atoms with van der Waals surface area (Å²) in [5.41, 5.74) is 7.75. The molecule has 3 atom stereocenters. The molecule has 4 N–H and O–H groups in total. The van der Waals surface area contributed by atoms with Crippen molar-refractivity contribution in [1.29, 1.82) is 0 Å². The molecule has 0 radical (unpaired) electrons. The van der Waals surface area contributed by atoms with Crippen molar-refractivity contribution in [2.24, 2.45) is 23.5 Å². The van der Waals surface area contributed by atoms with Crippen molar-refractivity contribution in [3.8, 4) is 0 Å². The van der Waals surface area contributed by atoms with Gasteiger partial charge in [0, 0.05) is 5.92 Å². The van der Waals surface area contributed by atoms with Gasteiger partial charge >= 0.3 is 0 Å². The van der Waals surface area contributed by atoms with E-state index in [4.69, 9.17) is 5.73 Å². The van der Waals surface area contributed by atoms with Gasteiger partial charge < -0.3 is 16.0 Å². The number of carbonyl (C=O) groups excluding carboxylic acids is 1. The van der Waals surface area contributed by atoms with Crippen molar-refractivity contribution >= 4 is 41.8 Å². The van der Waals surface area contributed by atoms with Crippen LogP contribution >= 0.6 is 24.8 Å². The van der Waals surface area contributed by atoms with Crippen LogP contribution < -0.4 is 11.1 Å². The van der Waals surface area contributed by atoms with E-state index in [1.54, 1.807) is 0 Å². The number of aromatic amines is 1. The minimum Gasteiger partial charge on any atom is -0.346 e. The van der Waals surface area contributed by atoms with Crippen LogP contribution in [0.1, 0.15) is 45.0 Å². The summed E-state index contributed by atoms with van der Waals surface area (Å²) in [5.74, 6) is 1.58. The van der Waals surface area contributed by atoms with Gasteiger partial charge in [-0.05, 0) is 43.4 Å². The van der Waals surface area contributed by atoms with E-state index in [9.17, 15) is 4.79 Å². The summed E-state index contributed by atoms with van der Waals surface area (Å²) in [4.78, 5) is 20.7. The van der Waals surface area contributed by atoms with Crippen molar-refractivity contribution in [2.45, 2.75) is 39.2 Å². The molecule has 5 nitrogen and oxygen atoms in total. The van der Waals surface area contributed by atoms with Gasteiger partial charge in [0.2, 0.25) is 5.91 Å². The fourth-order valence-electron chi connectivity index (χ4n) is 3.60. The second kappa shape index (κ2) is 9.41. The number of nitrogens with two attached hydrogens (primary N) is 1. The van der Waals surface area contributed by atoms with E-state index in [0.717, 1.165) is 36.1 Å². The zero-order valence-electron chi connectivity index (χ0n) is 14.7. The predicted molar refractivity (Wildman–Crippen MR) is 106 cm³/mol. The molecule has 0 saturated heterocycles. The number of amides is 1. The van der Waals surface area contributed by atoms with Gasteiger partial charge in [-0.1, -0.05) is 32.4 Å². The molecule has 1 saturated carbocycles. The number of imidazole rings is 1. The third-order valence-corrected chi connectivity index (χ3v) is 4.97. The summed E-state index contributed by atoms with van der Waals surface area (Å²) >= 11 is 0. The second-order valence-electron chi connectivity index (χ2n) is 6.90. The lowest BCUT2D eigenvalue weighted by Crippen LogP contribution is -2.39. The minimum absolute atomic E-state index is 0. The SMILES string of the molecule is CC(C)C(NC(=O)[C@@H]1CCC[C@@H]1CN)c1nc2ccccc2[nH]1.Cl.Cl. The van der Waals surface area contributed by atoms with Crippen molar-refractivity contribution < 1.29 is 4.79 Å². The highest BCUT2D eigenvalue weighted by Gasteiger charge is 2.34. The molecule has 1 heterocycles. The molecule has 1 aliphatic rings. The summed E-state index contributed by atoms with van der Waals surface area (Å²) < 4.78 is 0. The smallest absolute Gasteiger partial charge is 0.224 e. The number of benzene rings is 1. The maximum atomic E-state index is 12.7. The van der Waals surface area contributed by atoms with Gasteiger partial charge in [0.05, 0.1) is 17.1 Å². The van der Waals surface area contributed by atoms with Gasteiger partial charge in [0.15, 0.2) is 0 Å². The standard InChI is InChI=1S/C18H26N4O.2ClH/c1-11(2)16(17-20-14-8-3-4-9-15(14)21-17)22-18(23)13-7-5-6-12(13)10-19;;/h3-4,8-9,11-13,16H,5-7,10,19H2,1-2H3,(H,20,21)(H,22,23);2*1H/t12-,13-,16?;;/m1../s1. The molecule has 140 valence electrons. The largest absolute Gasteiger partial charge is 0.346 e. The Balaban J connectivity index is 0.00000156. The first kappa shape index (κ1) is 21.7. The summed E-state index contributed by atoms with van der Waals surface area (Å²) in [7, 11) is 0. The average Bonchev–Trinajstić information content (AvgIpc) is 3.17. The highest BCUT2D eigenvalue weighted by atomic mass is 35.5. The van der Waals surface area contributed by atoms with E-state index < -0.39 is 0 Å². The van der Waals surface area contributed by atoms with Crippen LogP contribution in [-0.4, -0.2) is 22.4 Å². The number of carbonyl (C=O) groups is 1. The number of nitrogens with one attached hydrogen (secondary N) is 2. The molecule has 1 aromatic carbocycles. The van der Waals surface area contributed by atoms with E-state index in [2.05, 4.69) is 29.1 Å². The first-order valence-electron chi connectivity index (χ1n) is 8.55. The number of H-pyrrole nitrogens is 1. The van der Waals surface area contributed by atoms with Gasteiger partial charge in [-0.25, -0.2) is 4.98 Å². The van der Waals surface area contributed by atoms with Crippen LogP contribution in [0.2, 0.25) is 0 Å². The van der Waals surface area contributed by atoms with Crippen LogP contribution in [0.3, 0.4) is 0 Å². The van der Waals surface area contributed by atoms with Crippen LogP contribution in [0, 0.1) is 17.8 Å². The van der Waals surface area contributed by atoms with Crippen molar-refractivity contribution in [1.82, 2.24) is 15.3 Å². The molecule has 1 aromatic heterocycles. The lowest BCUT2D eigenvalue weighted by atomic mass is 9.94. The number of hydrogen-bond acceptors (Lipinski definition) is 3. The minimum atomic E-state index is -0.103. The number of fused-ring (bicyclic) bond motifs is 1. The maximum Gasteiger partial charge on any atom is 0.224 e. The normalized spacial score (nSPS) is 20.8. The Morgan fingerprint density at radius 2 is 2.04 bits per heavy atom. The highest BCUT2D eigenvalue weighted by Crippen LogP contribution is 2.32. The van der Waals surface area contributed by atoms with Crippen molar-refractivity contribution in [3.05, 3.63) is 30.1 Å². The Hall–Kier alpha value is -1.30. The number of aromatic nitrogens is 2. The molecule has 0 spiro atoms. The van der Waals surface area contributed by atoms with Crippen LogP contribution in [0.5, 0.6) is 0 Å². The molecular formula is C18H28Cl2N4O. The third-order valence-electron chi connectivity index (χ3n) is 4.97. The number of para-hydroxylation sites is 2. The third kappa shape index (κ3) is 4.66. The summed E-state index contributed by atoms with van der Waals surface area (Å²) in [6.45, 7) is 4.80. The number of rotatable bonds is 5. The molecule has 1 aliphatic carbocycles. The van der Waals surface area contributed by atoms with E-state index in [1.165, 1.54) is 0 Å². The van der Waals surface area contributed by atoms with Gasteiger partial charge in [-0.3, -0.25) is 4.79 Å². The molecule has 0 aliphatic heterocycles. The first-order chi connectivity index (χ1) is 11.1. The quantitative estimate of drug-likeness (QED) is 0.733. The van der Waals surface area contributed by atoms with Crippen LogP contribution in [-0.2, 0) is 4.79 Å². The molecule has 1 amide bonds. The molecule has 1 unspecified atom stereocenters. The summed E-state index contributed by atoms with van der Waals surface area (Å²) in [6, 6.07) is 7.84. The molecule has 0 bridgehead atoms. The van der Waals surface area contributed by atoms with E-state index in [1.807, 2.05) is 24.3 Å². The topological polar surface area (TPSA) is 83.8 Å². The van der Waals surface area contributed by atoms with E-state index in [0.29, 0.717) is 12.5 Å². The number of halogens is 2. The highest BCUT2D eigenvalue weighted by molar-refractivity contribution is 5.85. The van der Waals surface area contributed by atoms with Crippen molar-refractivity contribution in [2.75, 3.05) is 6.54 Å². The lowest BCUT2D eigenvalue weighted by molar-refractivity contribution is -0.127. The molecule has 3 rings (SSSR count). The van der Waals surface area contributed by atoms with Gasteiger partial charge in [0.25, 0.3) is 0 Å². The van der Waals surface area contributed by atoms with E-state index >= 15 is 0 Å². The Morgan fingerprint density at radius 3 is 2.68 bits per heavy atom. The van der Waals surface area contributed by atoms with E-state index in [-0.39, 0.29) is 48.6 Å². The van der Waals surface area contributed by atoms with Gasteiger partial charge in [0.1, 0.15) is 5.82 Å². The summed E-state index contributed by atoms with van der Waals surface area (Å²) in [6.07, 6.45) is 3.10. The Morgan fingerprint density at radius 1 is 1.32 bits per heavy atom. The molecule has 25 heavy (non-hydrogen) atoms. The van der Waals surface area contributed by atoms with Crippen molar-refractivity contribution in [3.63, 3.8) is 0 Å². The Bertz CT molecular complexity index is 656. The molecule has 2 aromatic rings. The Kier molecular flexibility index (Phi) is 8.19. The zero-order valence-corrected chi connectivity index (χ0v) is 16.3. The zero-order chi connectivity index (χ0) is 16.4. The number of nitrogens with zero attached hydrogens (tertiary/aromatic N) is 1. The number of hydrogen-bond donors (Lipinski definition) is 3. The molecule has 1 fully saturated rings. The lowest BCUT2D eigenvalue weighted by Gasteiger charge is -2.24. The fourth-order valence-corrected chi connectivity index (χ4v) is 3.60. The van der Waals surface area contributed by atoms with Crippen LogP contribution in [0.15, 0.2) is 24.3 Å². The van der Waals surface area contributed by atoms with Crippen LogP contribution in [0.25, 0.3) is 11.0 Å². The van der Waals surface area contributed by atoms with Crippen LogP contribution in [0.4, 0.5) is 0 Å². The Labute approximate surface area is 161 Å². The predicted octanol–water partition coefficient (Wildman–Crippen LogP) is 3.59. The summed E-state index contributed by atoms with van der Waals surface area (Å²) in [5, 5.41) is 3.21. The molecular weight excluding hydrogens is 359 g/mol. The fraction of sp³-hybridized carbons (Fsp3) is 0.556. The first-order valence-corrected chi connectivity index (χ1v) is 8.55. The second-order valence-corrected chi connectivity index (χ2v) is 6.90. The molecule has 7 heteroatoms.